The summed E-state index contributed by atoms with van der Waals surface area (Å²) in [5.41, 5.74) is 0.587. The van der Waals surface area contributed by atoms with Crippen molar-refractivity contribution in [3.8, 4) is 0 Å². The van der Waals surface area contributed by atoms with Gasteiger partial charge in [0.2, 0.25) is 5.91 Å². The van der Waals surface area contributed by atoms with Gasteiger partial charge in [-0.3, -0.25) is 9.69 Å². The van der Waals surface area contributed by atoms with Gasteiger partial charge in [0.05, 0.1) is 35.5 Å². The maximum absolute atomic E-state index is 11.8. The average Bonchev–Trinajstić information content (AvgIpc) is 2.48. The van der Waals surface area contributed by atoms with Crippen molar-refractivity contribution in [2.24, 2.45) is 0 Å². The molecule has 2 rings (SSSR count). The topological polar surface area (TPSA) is 53.6 Å². The molecule has 21 heavy (non-hydrogen) atoms. The van der Waals surface area contributed by atoms with E-state index in [1.807, 2.05) is 0 Å². The summed E-state index contributed by atoms with van der Waals surface area (Å²) in [5, 5.41) is 6.84. The molecule has 7 heteroatoms. The summed E-state index contributed by atoms with van der Waals surface area (Å²) < 4.78 is 5.27. The largest absolute Gasteiger partial charge is 0.379 e. The minimum Gasteiger partial charge on any atom is -0.379 e. The molecule has 0 spiro atoms. The fraction of sp³-hybridized carbons (Fsp3) is 0.500. The Morgan fingerprint density at radius 1 is 1.24 bits per heavy atom. The molecule has 1 aromatic carbocycles. The number of carbonyl (C=O) groups excluding carboxylic acids is 1. The molecule has 1 aliphatic rings. The van der Waals surface area contributed by atoms with E-state index >= 15 is 0 Å². The van der Waals surface area contributed by atoms with Gasteiger partial charge in [-0.2, -0.15) is 0 Å². The number of anilines is 1. The summed E-state index contributed by atoms with van der Waals surface area (Å²) in [6, 6.07) is 5.22. The van der Waals surface area contributed by atoms with Crippen LogP contribution < -0.4 is 10.6 Å². The number of rotatable bonds is 6. The van der Waals surface area contributed by atoms with Crippen molar-refractivity contribution in [1.82, 2.24) is 10.2 Å². The summed E-state index contributed by atoms with van der Waals surface area (Å²) in [4.78, 5) is 14.0. The highest BCUT2D eigenvalue weighted by atomic mass is 35.5. The molecule has 0 atom stereocenters. The lowest BCUT2D eigenvalue weighted by molar-refractivity contribution is -0.119. The molecule has 1 saturated heterocycles. The van der Waals surface area contributed by atoms with Gasteiger partial charge >= 0.3 is 0 Å². The maximum atomic E-state index is 11.8. The number of halogens is 2. The molecular formula is C14H19Cl2N3O2. The summed E-state index contributed by atoms with van der Waals surface area (Å²) in [7, 11) is 0. The molecule has 5 nitrogen and oxygen atoms in total. The second kappa shape index (κ2) is 8.44. The van der Waals surface area contributed by atoms with Crippen LogP contribution in [0.2, 0.25) is 10.0 Å². The molecule has 2 N–H and O–H groups in total. The minimum atomic E-state index is -0.0840. The van der Waals surface area contributed by atoms with Crippen molar-refractivity contribution in [2.45, 2.75) is 0 Å². The maximum Gasteiger partial charge on any atom is 0.239 e. The van der Waals surface area contributed by atoms with Crippen LogP contribution in [0.4, 0.5) is 5.69 Å². The smallest absolute Gasteiger partial charge is 0.239 e. The van der Waals surface area contributed by atoms with Crippen LogP contribution in [0.3, 0.4) is 0 Å². The number of hydrogen-bond acceptors (Lipinski definition) is 4. The van der Waals surface area contributed by atoms with Crippen molar-refractivity contribution >= 4 is 34.8 Å². The van der Waals surface area contributed by atoms with E-state index < -0.39 is 0 Å². The van der Waals surface area contributed by atoms with Crippen LogP contribution in [0.15, 0.2) is 18.2 Å². The lowest BCUT2D eigenvalue weighted by Gasteiger charge is -2.26. The zero-order valence-corrected chi connectivity index (χ0v) is 13.2. The quantitative estimate of drug-likeness (QED) is 0.835. The first-order valence-electron chi connectivity index (χ1n) is 6.91. The second-order valence-corrected chi connectivity index (χ2v) is 5.57. The van der Waals surface area contributed by atoms with Gasteiger partial charge in [0, 0.05) is 26.2 Å². The van der Waals surface area contributed by atoms with Gasteiger partial charge in [-0.1, -0.05) is 29.3 Å². The van der Waals surface area contributed by atoms with Crippen molar-refractivity contribution in [1.29, 1.82) is 0 Å². The Hall–Kier alpha value is -1.01. The Morgan fingerprint density at radius 3 is 2.57 bits per heavy atom. The van der Waals surface area contributed by atoms with Crippen LogP contribution in [0.25, 0.3) is 0 Å². The third-order valence-electron chi connectivity index (χ3n) is 3.24. The molecule has 0 saturated carbocycles. The Kier molecular flexibility index (Phi) is 6.57. The van der Waals surface area contributed by atoms with E-state index in [9.17, 15) is 4.79 Å². The van der Waals surface area contributed by atoms with Crippen LogP contribution in [-0.2, 0) is 9.53 Å². The third-order valence-corrected chi connectivity index (χ3v) is 3.87. The highest BCUT2D eigenvalue weighted by molar-refractivity contribution is 6.39. The molecule has 1 fully saturated rings. The number of morpholine rings is 1. The molecular weight excluding hydrogens is 313 g/mol. The van der Waals surface area contributed by atoms with Crippen LogP contribution >= 0.6 is 23.2 Å². The van der Waals surface area contributed by atoms with Gasteiger partial charge in [-0.25, -0.2) is 0 Å². The standard InChI is InChI=1S/C14H19Cl2N3O2/c15-11-2-1-3-12(16)14(11)18-10-13(20)17-4-5-19-6-8-21-9-7-19/h1-3,18H,4-10H2,(H,17,20). The van der Waals surface area contributed by atoms with Crippen LogP contribution in [-0.4, -0.2) is 56.7 Å². The predicted octanol–water partition coefficient (Wildman–Crippen LogP) is 1.85. The zero-order chi connectivity index (χ0) is 15.1. The number of nitrogens with one attached hydrogen (secondary N) is 2. The van der Waals surface area contributed by atoms with E-state index in [0.717, 1.165) is 32.8 Å². The molecule has 1 aromatic rings. The number of amides is 1. The van der Waals surface area contributed by atoms with Gasteiger partial charge in [-0.05, 0) is 12.1 Å². The van der Waals surface area contributed by atoms with E-state index in [2.05, 4.69) is 15.5 Å². The first-order valence-corrected chi connectivity index (χ1v) is 7.67. The highest BCUT2D eigenvalue weighted by Gasteiger charge is 2.11. The molecule has 0 radical (unpaired) electrons. The fourth-order valence-corrected chi connectivity index (χ4v) is 2.61. The average molecular weight is 332 g/mol. The summed E-state index contributed by atoms with van der Waals surface area (Å²) in [6.45, 7) is 4.97. The molecule has 0 aliphatic carbocycles. The predicted molar refractivity (Wildman–Crippen MR) is 85.2 cm³/mol. The summed E-state index contributed by atoms with van der Waals surface area (Å²) in [6.07, 6.45) is 0. The summed E-state index contributed by atoms with van der Waals surface area (Å²) >= 11 is 12.0. The van der Waals surface area contributed by atoms with Crippen LogP contribution in [0, 0.1) is 0 Å². The van der Waals surface area contributed by atoms with Gasteiger partial charge in [0.25, 0.3) is 0 Å². The molecule has 0 aromatic heterocycles. The van der Waals surface area contributed by atoms with Crippen molar-refractivity contribution in [3.05, 3.63) is 28.2 Å². The van der Waals surface area contributed by atoms with E-state index in [4.69, 9.17) is 27.9 Å². The number of para-hydroxylation sites is 1. The highest BCUT2D eigenvalue weighted by Crippen LogP contribution is 2.29. The first-order chi connectivity index (χ1) is 10.2. The number of nitrogens with zero attached hydrogens (tertiary/aromatic N) is 1. The fourth-order valence-electron chi connectivity index (χ4n) is 2.08. The Morgan fingerprint density at radius 2 is 1.90 bits per heavy atom. The zero-order valence-electron chi connectivity index (χ0n) is 11.7. The first kappa shape index (κ1) is 16.4. The van der Waals surface area contributed by atoms with E-state index in [1.165, 1.54) is 0 Å². The minimum absolute atomic E-state index is 0.0840. The Bertz CT molecular complexity index is 459. The summed E-state index contributed by atoms with van der Waals surface area (Å²) in [5.74, 6) is -0.0840. The lowest BCUT2D eigenvalue weighted by atomic mass is 10.3. The molecule has 1 amide bonds. The van der Waals surface area contributed by atoms with Crippen molar-refractivity contribution < 1.29 is 9.53 Å². The molecule has 116 valence electrons. The number of benzene rings is 1. The number of hydrogen-bond donors (Lipinski definition) is 2. The van der Waals surface area contributed by atoms with Crippen LogP contribution in [0.5, 0.6) is 0 Å². The normalized spacial score (nSPS) is 15.7. The van der Waals surface area contributed by atoms with E-state index in [-0.39, 0.29) is 12.5 Å². The van der Waals surface area contributed by atoms with Gasteiger partial charge in [-0.15, -0.1) is 0 Å². The number of carbonyl (C=O) groups is 1. The van der Waals surface area contributed by atoms with E-state index in [0.29, 0.717) is 22.3 Å². The Balaban J connectivity index is 1.67. The van der Waals surface area contributed by atoms with Gasteiger partial charge in [0.15, 0.2) is 0 Å². The SMILES string of the molecule is O=C(CNc1c(Cl)cccc1Cl)NCCN1CCOCC1. The van der Waals surface area contributed by atoms with Crippen LogP contribution in [0.1, 0.15) is 0 Å². The molecule has 0 bridgehead atoms. The van der Waals surface area contributed by atoms with Gasteiger partial charge in [0.1, 0.15) is 0 Å². The van der Waals surface area contributed by atoms with Gasteiger partial charge < -0.3 is 15.4 Å². The molecule has 0 unspecified atom stereocenters. The number of ether oxygens (including phenoxy) is 1. The lowest BCUT2D eigenvalue weighted by Crippen LogP contribution is -2.42. The van der Waals surface area contributed by atoms with E-state index in [1.54, 1.807) is 18.2 Å². The van der Waals surface area contributed by atoms with Crippen molar-refractivity contribution in [3.63, 3.8) is 0 Å². The molecule has 1 aliphatic heterocycles. The second-order valence-electron chi connectivity index (χ2n) is 4.75. The van der Waals surface area contributed by atoms with Crippen molar-refractivity contribution in [2.75, 3.05) is 51.3 Å². The monoisotopic (exact) mass is 331 g/mol. The Labute approximate surface area is 134 Å². The third kappa shape index (κ3) is 5.36. The molecule has 1 heterocycles.